The average molecular weight is 361 g/mol. The summed E-state index contributed by atoms with van der Waals surface area (Å²) in [5.74, 6) is 0.0143. The quantitative estimate of drug-likeness (QED) is 0.529. The van der Waals surface area contributed by atoms with Gasteiger partial charge in [0.2, 0.25) is 0 Å². The summed E-state index contributed by atoms with van der Waals surface area (Å²) in [6, 6.07) is 16.7. The lowest BCUT2D eigenvalue weighted by molar-refractivity contribution is 0.0889. The summed E-state index contributed by atoms with van der Waals surface area (Å²) >= 11 is 6.79. The molecule has 0 heterocycles. The molecule has 126 valence electrons. The topological polar surface area (TPSA) is 34.1 Å². The van der Waals surface area contributed by atoms with Crippen molar-refractivity contribution < 1.29 is 9.00 Å². The van der Waals surface area contributed by atoms with Crippen LogP contribution < -0.4 is 0 Å². The lowest BCUT2D eigenvalue weighted by Gasteiger charge is -2.20. The summed E-state index contributed by atoms with van der Waals surface area (Å²) in [7, 11) is -1.42. The van der Waals surface area contributed by atoms with E-state index in [4.69, 9.17) is 11.6 Å². The molecule has 1 fully saturated rings. The molecule has 0 saturated heterocycles. The first kappa shape index (κ1) is 17.4. The van der Waals surface area contributed by atoms with Crippen LogP contribution in [-0.2, 0) is 10.8 Å². The zero-order valence-corrected chi connectivity index (χ0v) is 15.5. The second kappa shape index (κ2) is 6.45. The maximum atomic E-state index is 13.1. The van der Waals surface area contributed by atoms with Gasteiger partial charge in [0.05, 0.1) is 16.2 Å². The summed E-state index contributed by atoms with van der Waals surface area (Å²) in [5.41, 5.74) is 1.02. The van der Waals surface area contributed by atoms with Crippen LogP contribution in [0.25, 0.3) is 0 Å². The van der Waals surface area contributed by atoms with Crippen LogP contribution in [-0.4, -0.2) is 14.2 Å². The molecule has 0 aromatic heterocycles. The minimum Gasteiger partial charge on any atom is -0.293 e. The van der Waals surface area contributed by atoms with Crippen molar-refractivity contribution in [3.8, 4) is 0 Å². The number of carbonyl (C=O) groups excluding carboxylic acids is 1. The van der Waals surface area contributed by atoms with Crippen LogP contribution >= 0.6 is 11.6 Å². The van der Waals surface area contributed by atoms with Gasteiger partial charge in [0.15, 0.2) is 5.78 Å². The highest BCUT2D eigenvalue weighted by Gasteiger charge is 2.74. The van der Waals surface area contributed by atoms with Crippen molar-refractivity contribution in [2.24, 2.45) is 5.41 Å². The zero-order valence-electron chi connectivity index (χ0n) is 13.9. The zero-order chi connectivity index (χ0) is 17.4. The molecule has 1 aliphatic rings. The third kappa shape index (κ3) is 2.74. The first-order valence-electron chi connectivity index (χ1n) is 8.22. The molecule has 0 N–H and O–H groups in total. The lowest BCUT2D eigenvalue weighted by Crippen LogP contribution is -2.28. The van der Waals surface area contributed by atoms with Crippen molar-refractivity contribution in [1.82, 2.24) is 0 Å². The Labute approximate surface area is 150 Å². The highest BCUT2D eigenvalue weighted by molar-refractivity contribution is 7.88. The summed E-state index contributed by atoms with van der Waals surface area (Å²) in [6.07, 6.45) is 1.95. The smallest absolute Gasteiger partial charge is 0.171 e. The molecule has 24 heavy (non-hydrogen) atoms. The minimum atomic E-state index is -1.42. The summed E-state index contributed by atoms with van der Waals surface area (Å²) in [5, 5.41) is 0. The molecule has 2 aromatic rings. The number of benzene rings is 2. The number of aryl methyl sites for hydroxylation is 1. The van der Waals surface area contributed by atoms with Crippen LogP contribution in [0, 0.1) is 12.3 Å². The van der Waals surface area contributed by atoms with E-state index >= 15 is 0 Å². The molecule has 0 amide bonds. The van der Waals surface area contributed by atoms with E-state index in [9.17, 15) is 9.00 Å². The van der Waals surface area contributed by atoms with Crippen LogP contribution in [0.5, 0.6) is 0 Å². The molecule has 0 bridgehead atoms. The van der Waals surface area contributed by atoms with E-state index in [-0.39, 0.29) is 5.78 Å². The maximum Gasteiger partial charge on any atom is 0.171 e. The van der Waals surface area contributed by atoms with Gasteiger partial charge in [0, 0.05) is 10.5 Å². The van der Waals surface area contributed by atoms with E-state index in [1.54, 1.807) is 0 Å². The number of halogens is 1. The van der Waals surface area contributed by atoms with Crippen molar-refractivity contribution in [3.63, 3.8) is 0 Å². The Balaban J connectivity index is 1.94. The second-order valence-electron chi connectivity index (χ2n) is 6.51. The van der Waals surface area contributed by atoms with Crippen LogP contribution in [0.15, 0.2) is 59.5 Å². The first-order chi connectivity index (χ1) is 11.4. The van der Waals surface area contributed by atoms with Gasteiger partial charge in [0.25, 0.3) is 0 Å². The van der Waals surface area contributed by atoms with Gasteiger partial charge in [-0.2, -0.15) is 0 Å². The monoisotopic (exact) mass is 360 g/mol. The van der Waals surface area contributed by atoms with Gasteiger partial charge < -0.3 is 0 Å². The largest absolute Gasteiger partial charge is 0.293 e. The predicted octanol–water partition coefficient (Wildman–Crippen LogP) is 5.11. The van der Waals surface area contributed by atoms with Gasteiger partial charge in [-0.05, 0) is 31.9 Å². The normalized spacial score (nSPS) is 26.8. The Kier molecular flexibility index (Phi) is 4.67. The summed E-state index contributed by atoms with van der Waals surface area (Å²) in [4.78, 5) is 13.8. The van der Waals surface area contributed by atoms with Crippen molar-refractivity contribution in [2.75, 3.05) is 0 Å². The summed E-state index contributed by atoms with van der Waals surface area (Å²) < 4.78 is 12.1. The lowest BCUT2D eigenvalue weighted by atomic mass is 9.90. The molecule has 4 heteroatoms. The molecule has 3 rings (SSSR count). The first-order valence-corrected chi connectivity index (χ1v) is 9.75. The van der Waals surface area contributed by atoms with Gasteiger partial charge in [-0.3, -0.25) is 9.00 Å². The third-order valence-electron chi connectivity index (χ3n) is 4.80. The summed E-state index contributed by atoms with van der Waals surface area (Å²) in [6.45, 7) is 4.02. The molecule has 0 aliphatic heterocycles. The van der Waals surface area contributed by atoms with Gasteiger partial charge in [0.1, 0.15) is 4.21 Å². The minimum absolute atomic E-state index is 0.0143. The van der Waals surface area contributed by atoms with E-state index < -0.39 is 20.4 Å². The van der Waals surface area contributed by atoms with E-state index in [1.165, 1.54) is 0 Å². The second-order valence-corrected chi connectivity index (χ2v) is 9.09. The third-order valence-corrected chi connectivity index (χ3v) is 7.53. The van der Waals surface area contributed by atoms with Crippen LogP contribution in [0.2, 0.25) is 0 Å². The van der Waals surface area contributed by atoms with Crippen molar-refractivity contribution in [3.05, 3.63) is 65.7 Å². The molecular weight excluding hydrogens is 340 g/mol. The Bertz CT molecular complexity index is 772. The molecule has 0 radical (unpaired) electrons. The van der Waals surface area contributed by atoms with E-state index in [0.717, 1.165) is 12.0 Å². The Morgan fingerprint density at radius 2 is 1.75 bits per heavy atom. The number of alkyl halides is 1. The van der Waals surface area contributed by atoms with Crippen molar-refractivity contribution in [2.45, 2.75) is 42.2 Å². The molecule has 1 saturated carbocycles. The standard InChI is InChI=1S/C20H21ClO2S/c1-3-13-19(18(22)16-7-5-4-6-8-16)14-20(19,21)24(23)17-11-9-15(2)10-12-17/h4-12H,3,13-14H2,1-2H3/t19-,20-,24?/m1/s1. The van der Waals surface area contributed by atoms with E-state index in [0.29, 0.717) is 23.3 Å². The van der Waals surface area contributed by atoms with E-state index in [2.05, 4.69) is 0 Å². The number of ketones is 1. The fourth-order valence-electron chi connectivity index (χ4n) is 3.37. The van der Waals surface area contributed by atoms with Crippen molar-refractivity contribution >= 4 is 28.2 Å². The fraction of sp³-hybridized carbons (Fsp3) is 0.350. The molecule has 1 aliphatic carbocycles. The molecular formula is C20H21ClO2S. The van der Waals surface area contributed by atoms with Gasteiger partial charge >= 0.3 is 0 Å². The SMILES string of the molecule is CCC[C@]1(C(=O)c2ccccc2)C[C@@]1(Cl)S(=O)c1ccc(C)cc1. The van der Waals surface area contributed by atoms with Crippen molar-refractivity contribution in [1.29, 1.82) is 0 Å². The van der Waals surface area contributed by atoms with Crippen LogP contribution in [0.3, 0.4) is 0 Å². The van der Waals surface area contributed by atoms with Crippen LogP contribution in [0.1, 0.15) is 42.1 Å². The highest BCUT2D eigenvalue weighted by atomic mass is 35.5. The van der Waals surface area contributed by atoms with E-state index in [1.807, 2.05) is 68.4 Å². The molecule has 0 spiro atoms. The predicted molar refractivity (Wildman–Crippen MR) is 98.9 cm³/mol. The molecule has 1 unspecified atom stereocenters. The Hall–Kier alpha value is -1.45. The number of Topliss-reactive ketones (excluding diaryl/α,β-unsaturated/α-hetero) is 1. The maximum absolute atomic E-state index is 13.1. The average Bonchev–Trinajstić information content (AvgIpc) is 3.22. The number of hydrogen-bond acceptors (Lipinski definition) is 2. The fourth-order valence-corrected chi connectivity index (χ4v) is 5.73. The number of carbonyl (C=O) groups is 1. The van der Waals surface area contributed by atoms with Gasteiger partial charge in [-0.25, -0.2) is 0 Å². The van der Waals surface area contributed by atoms with Gasteiger partial charge in [-0.15, -0.1) is 11.6 Å². The Morgan fingerprint density at radius 1 is 1.12 bits per heavy atom. The molecule has 3 atom stereocenters. The number of hydrogen-bond donors (Lipinski definition) is 0. The molecule has 2 nitrogen and oxygen atoms in total. The highest BCUT2D eigenvalue weighted by Crippen LogP contribution is 2.67. The van der Waals surface area contributed by atoms with Gasteiger partial charge in [-0.1, -0.05) is 61.4 Å². The Morgan fingerprint density at radius 3 is 2.33 bits per heavy atom. The molecule has 2 aromatic carbocycles. The number of rotatable bonds is 6. The van der Waals surface area contributed by atoms with Crippen LogP contribution in [0.4, 0.5) is 0 Å².